The average molecular weight is 1010 g/mol. The van der Waals surface area contributed by atoms with Crippen molar-refractivity contribution in [2.45, 2.75) is 334 Å². The van der Waals surface area contributed by atoms with Crippen molar-refractivity contribution in [1.82, 2.24) is 5.32 Å². The molecule has 0 aromatic carbocycles. The molecule has 2 N–H and O–H groups in total. The van der Waals surface area contributed by atoms with E-state index in [0.29, 0.717) is 17.4 Å². The van der Waals surface area contributed by atoms with Gasteiger partial charge >= 0.3 is 0 Å². The molecule has 0 radical (unpaired) electrons. The van der Waals surface area contributed by atoms with Crippen LogP contribution in [0.4, 0.5) is 0 Å². The highest BCUT2D eigenvalue weighted by Crippen LogP contribution is 2.38. The number of phosphoric acid groups is 1. The minimum Gasteiger partial charge on any atom is -0.756 e. The Morgan fingerprint density at radius 3 is 1.07 bits per heavy atom. The lowest BCUT2D eigenvalue weighted by Crippen LogP contribution is -2.45. The highest BCUT2D eigenvalue weighted by molar-refractivity contribution is 7.45. The summed E-state index contributed by atoms with van der Waals surface area (Å²) in [7, 11) is 1.27. The van der Waals surface area contributed by atoms with Crippen LogP contribution in [0.3, 0.4) is 0 Å². The number of aliphatic hydroxyl groups is 1. The van der Waals surface area contributed by atoms with E-state index in [-0.39, 0.29) is 19.1 Å². The molecule has 0 fully saturated rings. The third kappa shape index (κ3) is 55.0. The molecular formula is C61H123N2O6P. The number of carbonyl (C=O) groups excluding carboxylic acids is 1. The molecule has 0 saturated heterocycles. The number of quaternary nitrogens is 1. The molecule has 0 spiro atoms. The van der Waals surface area contributed by atoms with E-state index in [2.05, 4.69) is 19.2 Å². The van der Waals surface area contributed by atoms with Crippen LogP contribution in [0.2, 0.25) is 0 Å². The van der Waals surface area contributed by atoms with Crippen molar-refractivity contribution >= 4 is 13.7 Å². The molecule has 0 saturated carbocycles. The van der Waals surface area contributed by atoms with Crippen LogP contribution in [0.25, 0.3) is 0 Å². The molecule has 0 aromatic rings. The summed E-state index contributed by atoms with van der Waals surface area (Å²) in [5.41, 5.74) is 0. The first-order valence-electron chi connectivity index (χ1n) is 31.1. The lowest BCUT2D eigenvalue weighted by Gasteiger charge is -2.29. The zero-order chi connectivity index (χ0) is 51.3. The van der Waals surface area contributed by atoms with Crippen LogP contribution >= 0.6 is 7.82 Å². The minimum absolute atomic E-state index is 0.00198. The molecule has 3 atom stereocenters. The number of nitrogens with zero attached hydrogens (tertiary/aromatic N) is 1. The average Bonchev–Trinajstić information content (AvgIpc) is 3.32. The predicted octanol–water partition coefficient (Wildman–Crippen LogP) is 18.4. The predicted molar refractivity (Wildman–Crippen MR) is 302 cm³/mol. The third-order valence-corrected chi connectivity index (χ3v) is 15.5. The highest BCUT2D eigenvalue weighted by Gasteiger charge is 2.23. The Morgan fingerprint density at radius 2 is 0.771 bits per heavy atom. The largest absolute Gasteiger partial charge is 0.756 e. The van der Waals surface area contributed by atoms with Crippen molar-refractivity contribution in [2.75, 3.05) is 40.9 Å². The molecule has 0 heterocycles. The van der Waals surface area contributed by atoms with E-state index in [4.69, 9.17) is 9.05 Å². The van der Waals surface area contributed by atoms with Gasteiger partial charge in [-0.3, -0.25) is 9.36 Å². The van der Waals surface area contributed by atoms with Crippen LogP contribution in [0, 0.1) is 0 Å². The first kappa shape index (κ1) is 69.2. The van der Waals surface area contributed by atoms with E-state index in [1.807, 2.05) is 27.2 Å². The number of hydrogen-bond donors (Lipinski definition) is 2. The Balaban J connectivity index is 3.74. The molecule has 8 nitrogen and oxygen atoms in total. The summed E-state index contributed by atoms with van der Waals surface area (Å²) >= 11 is 0. The van der Waals surface area contributed by atoms with Gasteiger partial charge < -0.3 is 28.8 Å². The van der Waals surface area contributed by atoms with Crippen molar-refractivity contribution in [3.63, 3.8) is 0 Å². The Labute approximate surface area is 437 Å². The Morgan fingerprint density at radius 1 is 0.486 bits per heavy atom. The van der Waals surface area contributed by atoms with E-state index in [1.54, 1.807) is 6.08 Å². The van der Waals surface area contributed by atoms with Crippen LogP contribution in [-0.2, 0) is 18.4 Å². The van der Waals surface area contributed by atoms with Crippen LogP contribution in [-0.4, -0.2) is 68.5 Å². The quantitative estimate of drug-likeness (QED) is 0.0272. The zero-order valence-corrected chi connectivity index (χ0v) is 48.6. The van der Waals surface area contributed by atoms with Crippen LogP contribution in [0.5, 0.6) is 0 Å². The van der Waals surface area contributed by atoms with E-state index < -0.39 is 20.0 Å². The molecule has 0 bridgehead atoms. The third-order valence-electron chi connectivity index (χ3n) is 14.5. The fourth-order valence-corrected chi connectivity index (χ4v) is 10.4. The van der Waals surface area contributed by atoms with Crippen molar-refractivity contribution in [3.05, 3.63) is 12.2 Å². The van der Waals surface area contributed by atoms with Gasteiger partial charge in [0.05, 0.1) is 39.9 Å². The summed E-state index contributed by atoms with van der Waals surface area (Å²) in [5, 5.41) is 13.8. The first-order chi connectivity index (χ1) is 34.0. The first-order valence-corrected chi connectivity index (χ1v) is 32.5. The zero-order valence-electron chi connectivity index (χ0n) is 47.8. The molecule has 0 rings (SSSR count). The summed E-state index contributed by atoms with van der Waals surface area (Å²) < 4.78 is 23.2. The number of unbranched alkanes of at least 4 members (excludes halogenated alkanes) is 45. The standard InChI is InChI=1S/C61H123N2O6P/c1-6-8-10-12-14-16-17-18-19-20-21-22-23-24-25-26-27-28-29-30-31-32-33-34-35-36-37-38-39-40-41-42-43-44-45-47-49-51-53-55-61(65)62-59(58-69-70(66,67)68-57-56-63(3,4)5)60(64)54-52-50-48-46-15-13-11-9-7-2/h52,54,59-60,64H,6-51,53,55-58H2,1-5H3,(H-,62,65,66,67)/b54-52+. The van der Waals surface area contributed by atoms with Gasteiger partial charge in [-0.1, -0.05) is 309 Å². The van der Waals surface area contributed by atoms with E-state index in [0.717, 1.165) is 38.5 Å². The van der Waals surface area contributed by atoms with Gasteiger partial charge in [-0.25, -0.2) is 0 Å². The van der Waals surface area contributed by atoms with Gasteiger partial charge in [0.15, 0.2) is 0 Å². The number of amides is 1. The SMILES string of the molecule is CCCCCCCCC/C=C/C(O)C(COP(=O)([O-])OCC[N+](C)(C)C)NC(=O)CCCCCCCCCCCCCCCCCCCCCCCCCCCCCCCCCCCCCCCCC. The topological polar surface area (TPSA) is 108 Å². The number of likely N-dealkylation sites (N-methyl/N-ethyl adjacent to an activating group) is 1. The fourth-order valence-electron chi connectivity index (χ4n) is 9.63. The smallest absolute Gasteiger partial charge is 0.268 e. The lowest BCUT2D eigenvalue weighted by atomic mass is 10.0. The number of aliphatic hydroxyl groups excluding tert-OH is 1. The van der Waals surface area contributed by atoms with Gasteiger partial charge in [-0.05, 0) is 19.3 Å². The number of phosphoric ester groups is 1. The second-order valence-corrected chi connectivity index (χ2v) is 24.2. The molecule has 1 amide bonds. The van der Waals surface area contributed by atoms with Crippen LogP contribution < -0.4 is 10.2 Å². The summed E-state index contributed by atoms with van der Waals surface area (Å²) in [5.74, 6) is -0.193. The molecule has 9 heteroatoms. The van der Waals surface area contributed by atoms with Crippen molar-refractivity contribution in [2.24, 2.45) is 0 Å². The lowest BCUT2D eigenvalue weighted by molar-refractivity contribution is -0.870. The normalized spacial score (nSPS) is 13.9. The Kier molecular flexibility index (Phi) is 52.5. The molecule has 0 aliphatic carbocycles. The molecular weight excluding hydrogens is 888 g/mol. The van der Waals surface area contributed by atoms with Gasteiger partial charge in [-0.2, -0.15) is 0 Å². The number of nitrogens with one attached hydrogen (secondary N) is 1. The summed E-state index contributed by atoms with van der Waals surface area (Å²) in [6.45, 7) is 4.65. The maximum atomic E-state index is 12.9. The number of rotatable bonds is 58. The van der Waals surface area contributed by atoms with E-state index in [1.165, 1.54) is 263 Å². The Hall–Kier alpha value is -0.760. The highest BCUT2D eigenvalue weighted by atomic mass is 31.2. The van der Waals surface area contributed by atoms with Crippen molar-refractivity contribution < 1.29 is 32.9 Å². The maximum absolute atomic E-state index is 12.9. The van der Waals surface area contributed by atoms with E-state index >= 15 is 0 Å². The molecule has 0 aliphatic heterocycles. The number of allylic oxidation sites excluding steroid dienone is 1. The summed E-state index contributed by atoms with van der Waals surface area (Å²) in [6.07, 6.45) is 66.4. The monoisotopic (exact) mass is 1010 g/mol. The minimum atomic E-state index is -4.58. The molecule has 418 valence electrons. The number of hydrogen-bond acceptors (Lipinski definition) is 6. The van der Waals surface area contributed by atoms with Gasteiger partial charge in [-0.15, -0.1) is 0 Å². The van der Waals surface area contributed by atoms with Gasteiger partial charge in [0.2, 0.25) is 5.91 Å². The second kappa shape index (κ2) is 53.1. The van der Waals surface area contributed by atoms with Crippen molar-refractivity contribution in [1.29, 1.82) is 0 Å². The van der Waals surface area contributed by atoms with Gasteiger partial charge in [0.1, 0.15) is 13.2 Å². The number of carbonyl (C=O) groups is 1. The Bertz CT molecular complexity index is 1150. The van der Waals surface area contributed by atoms with E-state index in [9.17, 15) is 19.4 Å². The molecule has 3 unspecified atom stereocenters. The molecule has 0 aliphatic rings. The fraction of sp³-hybridized carbons (Fsp3) is 0.951. The van der Waals surface area contributed by atoms with Gasteiger partial charge in [0.25, 0.3) is 7.82 Å². The molecule has 70 heavy (non-hydrogen) atoms. The maximum Gasteiger partial charge on any atom is 0.268 e. The van der Waals surface area contributed by atoms with Crippen LogP contribution in [0.15, 0.2) is 12.2 Å². The summed E-state index contributed by atoms with van der Waals surface area (Å²) in [6, 6.07) is -0.880. The summed E-state index contributed by atoms with van der Waals surface area (Å²) in [4.78, 5) is 25.4. The van der Waals surface area contributed by atoms with Crippen LogP contribution in [0.1, 0.15) is 322 Å². The van der Waals surface area contributed by atoms with Gasteiger partial charge in [0, 0.05) is 6.42 Å². The second-order valence-electron chi connectivity index (χ2n) is 22.8. The molecule has 0 aromatic heterocycles. The van der Waals surface area contributed by atoms with Crippen molar-refractivity contribution in [3.8, 4) is 0 Å².